The Bertz CT molecular complexity index is 522. The highest BCUT2D eigenvalue weighted by Gasteiger charge is 2.48. The smallest absolute Gasteiger partial charge is 0.362 e. The molecule has 0 aliphatic rings. The van der Waals surface area contributed by atoms with Gasteiger partial charge in [-0.05, 0) is 57.8 Å². The molecule has 0 saturated heterocycles. The molecule has 0 radical (unpaired) electrons. The van der Waals surface area contributed by atoms with Crippen LogP contribution in [0.15, 0.2) is 24.3 Å². The molecule has 0 aromatic rings. The topological polar surface area (TPSA) is 77.8 Å². The van der Waals surface area contributed by atoms with Crippen molar-refractivity contribution in [1.29, 1.82) is 0 Å². The maximum atomic E-state index is 11.8. The van der Waals surface area contributed by atoms with Gasteiger partial charge in [0.25, 0.3) is 0 Å². The molecule has 0 rings (SSSR count). The lowest BCUT2D eigenvalue weighted by Gasteiger charge is -2.35. The van der Waals surface area contributed by atoms with Crippen molar-refractivity contribution in [3.8, 4) is 0 Å². The van der Waals surface area contributed by atoms with Gasteiger partial charge in [-0.1, -0.05) is 63.3 Å². The van der Waals surface area contributed by atoms with E-state index in [1.807, 2.05) is 21.1 Å². The van der Waals surface area contributed by atoms with Gasteiger partial charge in [0, 0.05) is 0 Å². The summed E-state index contributed by atoms with van der Waals surface area (Å²) in [6, 6.07) is 0. The summed E-state index contributed by atoms with van der Waals surface area (Å²) in [4.78, 5) is 19.1. The van der Waals surface area contributed by atoms with Crippen LogP contribution in [0.4, 0.5) is 0 Å². The Hall–Kier alpha value is -0.450. The average Bonchev–Trinajstić information content (AvgIpc) is 2.62. The first kappa shape index (κ1) is 29.5. The van der Waals surface area contributed by atoms with E-state index >= 15 is 0 Å². The normalized spacial score (nSPS) is 15.3. The number of aliphatic hydroxyl groups is 1. The van der Waals surface area contributed by atoms with E-state index in [1.54, 1.807) is 0 Å². The quantitative estimate of drug-likeness (QED) is 0.0962. The van der Waals surface area contributed by atoms with Crippen LogP contribution in [0.1, 0.15) is 96.8 Å². The molecule has 1 atom stereocenters. The summed E-state index contributed by atoms with van der Waals surface area (Å²) in [5.74, 6) is 0. The second-order valence-corrected chi connectivity index (χ2v) is 11.5. The minimum Gasteiger partial charge on any atom is -0.373 e. The van der Waals surface area contributed by atoms with E-state index < -0.39 is 12.9 Å². The first-order valence-electron chi connectivity index (χ1n) is 11.9. The second-order valence-electron chi connectivity index (χ2n) is 9.62. The zero-order valence-electron chi connectivity index (χ0n) is 20.1. The molecule has 3 N–H and O–H groups in total. The third-order valence-electron chi connectivity index (χ3n) is 5.28. The van der Waals surface area contributed by atoms with Crippen molar-refractivity contribution < 1.29 is 23.9 Å². The predicted molar refractivity (Wildman–Crippen MR) is 128 cm³/mol. The molecule has 0 heterocycles. The lowest BCUT2D eigenvalue weighted by Crippen LogP contribution is -2.49. The Morgan fingerprint density at radius 3 is 1.53 bits per heavy atom. The van der Waals surface area contributed by atoms with Crippen molar-refractivity contribution in [2.45, 2.75) is 102 Å². The third-order valence-corrected chi connectivity index (χ3v) is 6.73. The van der Waals surface area contributed by atoms with Gasteiger partial charge in [-0.3, -0.25) is 4.57 Å². The SMILES string of the molecule is CC/C=C\CCCCCCCC/C=C\CCCCCC(O)(C[N+](C)(C)C)P(=O)(O)O. The van der Waals surface area contributed by atoms with Gasteiger partial charge in [-0.2, -0.15) is 0 Å². The van der Waals surface area contributed by atoms with Gasteiger partial charge >= 0.3 is 7.60 Å². The van der Waals surface area contributed by atoms with Crippen LogP contribution in [0.5, 0.6) is 0 Å². The number of quaternary nitrogens is 1. The van der Waals surface area contributed by atoms with E-state index in [0.717, 1.165) is 32.1 Å². The summed E-state index contributed by atoms with van der Waals surface area (Å²) < 4.78 is 12.1. The molecule has 0 aliphatic carbocycles. The number of unbranched alkanes of at least 4 members (excludes halogenated alkanes) is 10. The standard InChI is InChI=1S/C24H48NO4P/c1-5-6-7-8-9-10-11-12-13-14-15-16-17-18-19-20-21-22-24(26,30(27,28)29)23-25(2,3)4/h6-7,16-17,26H,5,8-15,18-23H2,1-4H3,(H-,27,28,29)/p+1/b7-6-,17-16-. The van der Waals surface area contributed by atoms with Gasteiger partial charge in [0.2, 0.25) is 5.34 Å². The highest BCUT2D eigenvalue weighted by atomic mass is 31.2. The molecule has 0 aromatic heterocycles. The first-order valence-corrected chi connectivity index (χ1v) is 13.5. The van der Waals surface area contributed by atoms with E-state index in [1.165, 1.54) is 44.9 Å². The molecule has 0 saturated carbocycles. The number of hydrogen-bond acceptors (Lipinski definition) is 2. The first-order chi connectivity index (χ1) is 14.0. The van der Waals surface area contributed by atoms with Gasteiger partial charge in [-0.25, -0.2) is 0 Å². The van der Waals surface area contributed by atoms with Crippen molar-refractivity contribution in [2.24, 2.45) is 0 Å². The summed E-state index contributed by atoms with van der Waals surface area (Å²) >= 11 is 0. The van der Waals surface area contributed by atoms with Crippen LogP contribution in [0, 0.1) is 0 Å². The molecule has 0 amide bonds. The van der Waals surface area contributed by atoms with Crippen molar-refractivity contribution in [3.05, 3.63) is 24.3 Å². The highest BCUT2D eigenvalue weighted by Crippen LogP contribution is 2.52. The molecule has 6 heteroatoms. The molecule has 5 nitrogen and oxygen atoms in total. The minimum absolute atomic E-state index is 0.0487. The second kappa shape index (κ2) is 16.2. The fourth-order valence-electron chi connectivity index (χ4n) is 3.68. The van der Waals surface area contributed by atoms with Gasteiger partial charge in [0.15, 0.2) is 0 Å². The van der Waals surface area contributed by atoms with Crippen LogP contribution in [0.25, 0.3) is 0 Å². The van der Waals surface area contributed by atoms with Crippen molar-refractivity contribution >= 4 is 7.60 Å². The predicted octanol–water partition coefficient (Wildman–Crippen LogP) is 6.15. The lowest BCUT2D eigenvalue weighted by atomic mass is 10.1. The van der Waals surface area contributed by atoms with E-state index in [-0.39, 0.29) is 13.0 Å². The van der Waals surface area contributed by atoms with Crippen molar-refractivity contribution in [1.82, 2.24) is 0 Å². The van der Waals surface area contributed by atoms with Crippen LogP contribution in [-0.4, -0.2) is 52.4 Å². The maximum Gasteiger partial charge on any atom is 0.362 e. The molecule has 30 heavy (non-hydrogen) atoms. The zero-order chi connectivity index (χ0) is 22.9. The summed E-state index contributed by atoms with van der Waals surface area (Å²) in [5.41, 5.74) is 0. The van der Waals surface area contributed by atoms with Crippen LogP contribution in [-0.2, 0) is 4.57 Å². The maximum absolute atomic E-state index is 11.8. The summed E-state index contributed by atoms with van der Waals surface area (Å²) in [5, 5.41) is 8.59. The van der Waals surface area contributed by atoms with Crippen molar-refractivity contribution in [3.63, 3.8) is 0 Å². The van der Waals surface area contributed by atoms with E-state index in [9.17, 15) is 19.5 Å². The Balaban J connectivity index is 3.73. The molecule has 1 unspecified atom stereocenters. The largest absolute Gasteiger partial charge is 0.373 e. The van der Waals surface area contributed by atoms with E-state index in [4.69, 9.17) is 0 Å². The number of allylic oxidation sites excluding steroid dienone is 4. The number of rotatable bonds is 19. The summed E-state index contributed by atoms with van der Waals surface area (Å²) in [7, 11) is 0.941. The molecule has 0 aliphatic heterocycles. The van der Waals surface area contributed by atoms with E-state index in [2.05, 4.69) is 31.2 Å². The molecule has 0 bridgehead atoms. The Morgan fingerprint density at radius 2 is 1.13 bits per heavy atom. The average molecular weight is 447 g/mol. The molecular formula is C24H49NO4P+. The fourth-order valence-corrected chi connectivity index (χ4v) is 4.73. The minimum atomic E-state index is -4.55. The Kier molecular flexibility index (Phi) is 16.0. The number of nitrogens with zero attached hydrogens (tertiary/aromatic N) is 1. The highest BCUT2D eigenvalue weighted by molar-refractivity contribution is 7.53. The summed E-state index contributed by atoms with van der Waals surface area (Å²) in [6.07, 6.45) is 24.1. The van der Waals surface area contributed by atoms with Crippen LogP contribution < -0.4 is 0 Å². The molecule has 0 spiro atoms. The third kappa shape index (κ3) is 16.3. The van der Waals surface area contributed by atoms with Crippen molar-refractivity contribution in [2.75, 3.05) is 27.7 Å². The molecular weight excluding hydrogens is 397 g/mol. The number of hydrogen-bond donors (Lipinski definition) is 3. The van der Waals surface area contributed by atoms with Crippen LogP contribution in [0.2, 0.25) is 0 Å². The lowest BCUT2D eigenvalue weighted by molar-refractivity contribution is -0.875. The Morgan fingerprint density at radius 1 is 0.733 bits per heavy atom. The van der Waals surface area contributed by atoms with Gasteiger partial charge < -0.3 is 19.4 Å². The van der Waals surface area contributed by atoms with Crippen LogP contribution >= 0.6 is 7.60 Å². The van der Waals surface area contributed by atoms with Gasteiger partial charge in [-0.15, -0.1) is 0 Å². The molecule has 0 fully saturated rings. The van der Waals surface area contributed by atoms with Gasteiger partial charge in [0.05, 0.1) is 21.1 Å². The monoisotopic (exact) mass is 446 g/mol. The van der Waals surface area contributed by atoms with Crippen LogP contribution in [0.3, 0.4) is 0 Å². The Labute approximate surface area is 186 Å². The molecule has 0 aromatic carbocycles. The summed E-state index contributed by atoms with van der Waals surface area (Å²) in [6.45, 7) is 2.22. The fraction of sp³-hybridized carbons (Fsp3) is 0.833. The van der Waals surface area contributed by atoms with Gasteiger partial charge in [0.1, 0.15) is 6.54 Å². The van der Waals surface area contributed by atoms with E-state index in [0.29, 0.717) is 10.9 Å². The number of likely N-dealkylation sites (N-methyl/N-ethyl adjacent to an activating group) is 1. The molecule has 178 valence electrons. The zero-order valence-corrected chi connectivity index (χ0v) is 21.0.